The Kier molecular flexibility index (Phi) is 7.32. The second-order valence-corrected chi connectivity index (χ2v) is 6.46. The van der Waals surface area contributed by atoms with Crippen molar-refractivity contribution in [1.29, 1.82) is 0 Å². The molecule has 0 spiro atoms. The monoisotopic (exact) mass is 393 g/mol. The molecule has 1 saturated heterocycles. The third kappa shape index (κ3) is 5.05. The number of carbonyl (C=O) groups is 1. The maximum absolute atomic E-state index is 12.7. The normalized spacial score (nSPS) is 14.6. The molecule has 0 atom stereocenters. The summed E-state index contributed by atoms with van der Waals surface area (Å²) in [4.78, 5) is 24.8. The van der Waals surface area contributed by atoms with Crippen molar-refractivity contribution in [2.75, 3.05) is 26.2 Å². The standard InChI is InChI=1S/C18H23N5O3.ClH/c1-2-19-13-14-7-10-21(11-8-14)18(24)17-9-12-22(20-17)15-3-5-16(6-4-15)23(25)26;/h3-6,9,12,14,19H,2,7-8,10-11,13H2,1H3;1H. The van der Waals surface area contributed by atoms with Crippen LogP contribution < -0.4 is 5.32 Å². The van der Waals surface area contributed by atoms with Crippen LogP contribution in [0.3, 0.4) is 0 Å². The van der Waals surface area contributed by atoms with Crippen LogP contribution in [0.25, 0.3) is 5.69 Å². The zero-order valence-corrected chi connectivity index (χ0v) is 16.0. The minimum atomic E-state index is -0.443. The van der Waals surface area contributed by atoms with Crippen LogP contribution in [0.5, 0.6) is 0 Å². The van der Waals surface area contributed by atoms with Crippen molar-refractivity contribution in [3.63, 3.8) is 0 Å². The van der Waals surface area contributed by atoms with Crippen LogP contribution in [-0.4, -0.2) is 51.7 Å². The molecule has 146 valence electrons. The number of non-ortho nitro benzene ring substituents is 1. The zero-order chi connectivity index (χ0) is 18.5. The minimum absolute atomic E-state index is 0. The molecule has 1 aliphatic rings. The number of hydrogen-bond donors (Lipinski definition) is 1. The minimum Gasteiger partial charge on any atom is -0.337 e. The van der Waals surface area contributed by atoms with Gasteiger partial charge in [-0.2, -0.15) is 5.10 Å². The van der Waals surface area contributed by atoms with E-state index in [1.54, 1.807) is 29.1 Å². The van der Waals surface area contributed by atoms with Crippen molar-refractivity contribution in [3.05, 3.63) is 52.3 Å². The molecule has 3 rings (SSSR count). The van der Waals surface area contributed by atoms with E-state index in [2.05, 4.69) is 17.3 Å². The molecule has 1 aromatic carbocycles. The Morgan fingerprint density at radius 1 is 1.26 bits per heavy atom. The first-order chi connectivity index (χ1) is 12.6. The molecular weight excluding hydrogens is 370 g/mol. The molecule has 27 heavy (non-hydrogen) atoms. The number of amides is 1. The Morgan fingerprint density at radius 3 is 2.52 bits per heavy atom. The molecule has 1 amide bonds. The fourth-order valence-corrected chi connectivity index (χ4v) is 3.16. The Labute approximate surface area is 164 Å². The quantitative estimate of drug-likeness (QED) is 0.601. The zero-order valence-electron chi connectivity index (χ0n) is 15.2. The van der Waals surface area contributed by atoms with Gasteiger partial charge < -0.3 is 10.2 Å². The van der Waals surface area contributed by atoms with Gasteiger partial charge in [0.05, 0.1) is 10.6 Å². The van der Waals surface area contributed by atoms with E-state index in [0.29, 0.717) is 17.3 Å². The van der Waals surface area contributed by atoms with Gasteiger partial charge in [-0.05, 0) is 50.0 Å². The van der Waals surface area contributed by atoms with E-state index >= 15 is 0 Å². The highest BCUT2D eigenvalue weighted by molar-refractivity contribution is 5.92. The molecule has 2 heterocycles. The van der Waals surface area contributed by atoms with Gasteiger partial charge >= 0.3 is 0 Å². The maximum atomic E-state index is 12.7. The largest absolute Gasteiger partial charge is 0.337 e. The summed E-state index contributed by atoms with van der Waals surface area (Å²) in [6.07, 6.45) is 3.70. The predicted octanol–water partition coefficient (Wildman–Crippen LogP) is 2.66. The summed E-state index contributed by atoms with van der Waals surface area (Å²) in [5, 5.41) is 18.4. The van der Waals surface area contributed by atoms with Crippen LogP contribution in [0.2, 0.25) is 0 Å². The van der Waals surface area contributed by atoms with Gasteiger partial charge in [-0.1, -0.05) is 6.92 Å². The molecule has 0 bridgehead atoms. The molecule has 0 aliphatic carbocycles. The van der Waals surface area contributed by atoms with Crippen molar-refractivity contribution < 1.29 is 9.72 Å². The Morgan fingerprint density at radius 2 is 1.93 bits per heavy atom. The maximum Gasteiger partial charge on any atom is 0.274 e. The number of aromatic nitrogens is 2. The molecule has 0 radical (unpaired) electrons. The SMILES string of the molecule is CCNCC1CCN(C(=O)c2ccn(-c3ccc([N+](=O)[O-])cc3)n2)CC1.Cl. The molecule has 1 aromatic heterocycles. The summed E-state index contributed by atoms with van der Waals surface area (Å²) in [5.41, 5.74) is 1.10. The fraction of sp³-hybridized carbons (Fsp3) is 0.444. The summed E-state index contributed by atoms with van der Waals surface area (Å²) in [5.74, 6) is 0.559. The molecule has 0 saturated carbocycles. The number of piperidine rings is 1. The van der Waals surface area contributed by atoms with Crippen molar-refractivity contribution in [3.8, 4) is 5.69 Å². The van der Waals surface area contributed by atoms with Crippen molar-refractivity contribution in [2.45, 2.75) is 19.8 Å². The highest BCUT2D eigenvalue weighted by atomic mass is 35.5. The van der Waals surface area contributed by atoms with Crippen LogP contribution in [0.1, 0.15) is 30.3 Å². The molecular formula is C18H24ClN5O3. The number of rotatable bonds is 6. The summed E-state index contributed by atoms with van der Waals surface area (Å²) in [7, 11) is 0. The molecule has 1 fully saturated rings. The summed E-state index contributed by atoms with van der Waals surface area (Å²) in [6.45, 7) is 5.57. The third-order valence-corrected chi connectivity index (χ3v) is 4.72. The van der Waals surface area contributed by atoms with Gasteiger partial charge in [0.2, 0.25) is 0 Å². The van der Waals surface area contributed by atoms with E-state index in [-0.39, 0.29) is 24.0 Å². The number of halogens is 1. The lowest BCUT2D eigenvalue weighted by Gasteiger charge is -2.31. The molecule has 1 N–H and O–H groups in total. The summed E-state index contributed by atoms with van der Waals surface area (Å²) < 4.78 is 1.56. The summed E-state index contributed by atoms with van der Waals surface area (Å²) in [6, 6.07) is 7.77. The molecule has 2 aromatic rings. The average molecular weight is 394 g/mol. The second-order valence-electron chi connectivity index (χ2n) is 6.46. The van der Waals surface area contributed by atoms with Crippen molar-refractivity contribution >= 4 is 24.0 Å². The average Bonchev–Trinajstić information content (AvgIpc) is 3.16. The highest BCUT2D eigenvalue weighted by Crippen LogP contribution is 2.19. The van der Waals surface area contributed by atoms with Crippen molar-refractivity contribution in [1.82, 2.24) is 20.0 Å². The van der Waals surface area contributed by atoms with E-state index in [9.17, 15) is 14.9 Å². The molecule has 8 nitrogen and oxygen atoms in total. The van der Waals surface area contributed by atoms with Crippen LogP contribution in [0, 0.1) is 16.0 Å². The van der Waals surface area contributed by atoms with Crippen LogP contribution in [0.4, 0.5) is 5.69 Å². The smallest absolute Gasteiger partial charge is 0.274 e. The van der Waals surface area contributed by atoms with Crippen LogP contribution >= 0.6 is 12.4 Å². The number of hydrogen-bond acceptors (Lipinski definition) is 5. The van der Waals surface area contributed by atoms with Gasteiger partial charge in [-0.3, -0.25) is 14.9 Å². The number of nitrogens with zero attached hydrogens (tertiary/aromatic N) is 4. The number of likely N-dealkylation sites (tertiary alicyclic amines) is 1. The Balaban J connectivity index is 0.00000261. The van der Waals surface area contributed by atoms with Gasteiger partial charge in [0.1, 0.15) is 0 Å². The van der Waals surface area contributed by atoms with E-state index < -0.39 is 4.92 Å². The number of nitro groups is 1. The third-order valence-electron chi connectivity index (χ3n) is 4.72. The summed E-state index contributed by atoms with van der Waals surface area (Å²) >= 11 is 0. The molecule has 9 heteroatoms. The lowest BCUT2D eigenvalue weighted by atomic mass is 9.96. The predicted molar refractivity (Wildman–Crippen MR) is 105 cm³/mol. The van der Waals surface area contributed by atoms with Crippen LogP contribution in [-0.2, 0) is 0 Å². The second kappa shape index (κ2) is 9.48. The Bertz CT molecular complexity index is 770. The van der Waals surface area contributed by atoms with E-state index in [0.717, 1.165) is 39.0 Å². The molecule has 1 aliphatic heterocycles. The number of benzene rings is 1. The number of nitro benzene ring substituents is 1. The van der Waals surface area contributed by atoms with E-state index in [4.69, 9.17) is 0 Å². The van der Waals surface area contributed by atoms with Gasteiger partial charge in [0.15, 0.2) is 5.69 Å². The lowest BCUT2D eigenvalue weighted by molar-refractivity contribution is -0.384. The van der Waals surface area contributed by atoms with Crippen LogP contribution in [0.15, 0.2) is 36.5 Å². The van der Waals surface area contributed by atoms with Gasteiger partial charge in [0, 0.05) is 31.4 Å². The first-order valence-electron chi connectivity index (χ1n) is 8.89. The number of carbonyl (C=O) groups excluding carboxylic acids is 1. The Hall–Kier alpha value is -2.45. The fourth-order valence-electron chi connectivity index (χ4n) is 3.16. The van der Waals surface area contributed by atoms with E-state index in [1.165, 1.54) is 12.1 Å². The van der Waals surface area contributed by atoms with Crippen molar-refractivity contribution in [2.24, 2.45) is 5.92 Å². The van der Waals surface area contributed by atoms with Gasteiger partial charge in [-0.25, -0.2) is 4.68 Å². The first kappa shape index (κ1) is 20.9. The highest BCUT2D eigenvalue weighted by Gasteiger charge is 2.24. The van der Waals surface area contributed by atoms with Gasteiger partial charge in [0.25, 0.3) is 11.6 Å². The molecule has 0 unspecified atom stereocenters. The first-order valence-corrected chi connectivity index (χ1v) is 8.89. The van der Waals surface area contributed by atoms with Gasteiger partial charge in [-0.15, -0.1) is 12.4 Å². The lowest BCUT2D eigenvalue weighted by Crippen LogP contribution is -2.41. The topological polar surface area (TPSA) is 93.3 Å². The number of nitrogens with one attached hydrogen (secondary N) is 1. The van der Waals surface area contributed by atoms with E-state index in [1.807, 2.05) is 4.90 Å².